The van der Waals surface area contributed by atoms with Gasteiger partial charge in [0.05, 0.1) is 11.9 Å². The smallest absolute Gasteiger partial charge is 0.413 e. The fourth-order valence-electron chi connectivity index (χ4n) is 1.96. The molecule has 0 saturated carbocycles. The van der Waals surface area contributed by atoms with Gasteiger partial charge in [-0.05, 0) is 45.7 Å². The Bertz CT molecular complexity index is 531. The fourth-order valence-corrected chi connectivity index (χ4v) is 1.96. The highest BCUT2D eigenvalue weighted by Gasteiger charge is 2.23. The number of nitrogens with one attached hydrogen (secondary N) is 2. The summed E-state index contributed by atoms with van der Waals surface area (Å²) in [5.41, 5.74) is -0.0190. The van der Waals surface area contributed by atoms with Crippen molar-refractivity contribution in [2.24, 2.45) is 0 Å². The van der Waals surface area contributed by atoms with Crippen molar-refractivity contribution < 1.29 is 19.1 Å². The molecule has 1 aliphatic heterocycles. The molecule has 0 aliphatic carbocycles. The first-order chi connectivity index (χ1) is 10.3. The molecule has 2 rings (SSSR count). The normalized spacial score (nSPS) is 17.9. The standard InChI is InChI=1S/C15H21N3O4/c1-15(2,3)22-14(20)18-12-7-6-10(9-16-12)17-13(19)11-5-4-8-21-11/h6-7,9,11H,4-5,8H2,1-3H3,(H,17,19)(H,16,18,20). The zero-order chi connectivity index (χ0) is 16.2. The Morgan fingerprint density at radius 3 is 2.64 bits per heavy atom. The number of aromatic nitrogens is 1. The quantitative estimate of drug-likeness (QED) is 0.895. The Morgan fingerprint density at radius 1 is 1.32 bits per heavy atom. The zero-order valence-electron chi connectivity index (χ0n) is 13.0. The monoisotopic (exact) mass is 307 g/mol. The summed E-state index contributed by atoms with van der Waals surface area (Å²) < 4.78 is 10.4. The Balaban J connectivity index is 1.87. The minimum Gasteiger partial charge on any atom is -0.444 e. The average molecular weight is 307 g/mol. The molecule has 1 atom stereocenters. The number of rotatable bonds is 3. The predicted molar refractivity (Wildman–Crippen MR) is 81.7 cm³/mol. The van der Waals surface area contributed by atoms with Crippen molar-refractivity contribution in [1.29, 1.82) is 0 Å². The molecule has 1 aromatic heterocycles. The van der Waals surface area contributed by atoms with Crippen LogP contribution in [0.5, 0.6) is 0 Å². The van der Waals surface area contributed by atoms with Crippen LogP contribution >= 0.6 is 0 Å². The number of carbonyl (C=O) groups is 2. The molecular weight excluding hydrogens is 286 g/mol. The van der Waals surface area contributed by atoms with Crippen molar-refractivity contribution in [3.8, 4) is 0 Å². The Kier molecular flexibility index (Phi) is 4.97. The average Bonchev–Trinajstić information content (AvgIpc) is 2.92. The van der Waals surface area contributed by atoms with Crippen molar-refractivity contribution in [2.75, 3.05) is 17.2 Å². The molecule has 22 heavy (non-hydrogen) atoms. The lowest BCUT2D eigenvalue weighted by Gasteiger charge is -2.19. The van der Waals surface area contributed by atoms with Gasteiger partial charge in [-0.15, -0.1) is 0 Å². The molecule has 2 amide bonds. The molecule has 7 nitrogen and oxygen atoms in total. The third-order valence-corrected chi connectivity index (χ3v) is 2.88. The molecule has 2 N–H and O–H groups in total. The maximum atomic E-state index is 11.9. The van der Waals surface area contributed by atoms with Crippen LogP contribution in [0.3, 0.4) is 0 Å². The van der Waals surface area contributed by atoms with Crippen molar-refractivity contribution in [3.63, 3.8) is 0 Å². The summed E-state index contributed by atoms with van der Waals surface area (Å²) in [6.45, 7) is 5.96. The Hall–Kier alpha value is -2.15. The number of hydrogen-bond acceptors (Lipinski definition) is 5. The van der Waals surface area contributed by atoms with Crippen LogP contribution < -0.4 is 10.6 Å². The molecule has 1 aliphatic rings. The molecule has 120 valence electrons. The SMILES string of the molecule is CC(C)(C)OC(=O)Nc1ccc(NC(=O)C2CCCO2)cn1. The zero-order valence-corrected chi connectivity index (χ0v) is 13.0. The first-order valence-corrected chi connectivity index (χ1v) is 7.22. The van der Waals surface area contributed by atoms with E-state index in [0.29, 0.717) is 18.1 Å². The van der Waals surface area contributed by atoms with Crippen LogP contribution in [0.2, 0.25) is 0 Å². The van der Waals surface area contributed by atoms with Gasteiger partial charge in [-0.2, -0.15) is 0 Å². The molecule has 0 aromatic carbocycles. The number of pyridine rings is 1. The van der Waals surface area contributed by atoms with Gasteiger partial charge in [0, 0.05) is 6.61 Å². The summed E-state index contributed by atoms with van der Waals surface area (Å²) in [4.78, 5) is 27.5. The number of hydrogen-bond donors (Lipinski definition) is 2. The van der Waals surface area contributed by atoms with E-state index in [1.165, 1.54) is 6.20 Å². The first kappa shape index (κ1) is 16.2. The third kappa shape index (κ3) is 5.00. The molecule has 1 saturated heterocycles. The highest BCUT2D eigenvalue weighted by atomic mass is 16.6. The van der Waals surface area contributed by atoms with E-state index in [0.717, 1.165) is 12.8 Å². The minimum atomic E-state index is -0.573. The number of nitrogens with zero attached hydrogens (tertiary/aromatic N) is 1. The maximum Gasteiger partial charge on any atom is 0.413 e. The molecule has 1 fully saturated rings. The predicted octanol–water partition coefficient (Wildman–Crippen LogP) is 2.55. The third-order valence-electron chi connectivity index (χ3n) is 2.88. The Morgan fingerprint density at radius 2 is 2.09 bits per heavy atom. The van der Waals surface area contributed by atoms with Crippen LogP contribution in [0.1, 0.15) is 33.6 Å². The summed E-state index contributed by atoms with van der Waals surface area (Å²) in [5, 5.41) is 5.26. The lowest BCUT2D eigenvalue weighted by molar-refractivity contribution is -0.124. The van der Waals surface area contributed by atoms with Crippen LogP contribution in [-0.4, -0.2) is 35.3 Å². The number of amides is 2. The van der Waals surface area contributed by atoms with Crippen molar-refractivity contribution >= 4 is 23.5 Å². The summed E-state index contributed by atoms with van der Waals surface area (Å²) in [7, 11) is 0. The molecule has 0 radical (unpaired) electrons. The first-order valence-electron chi connectivity index (χ1n) is 7.22. The molecule has 0 bridgehead atoms. The lowest BCUT2D eigenvalue weighted by atomic mass is 10.2. The van der Waals surface area contributed by atoms with Crippen LogP contribution in [0.4, 0.5) is 16.3 Å². The van der Waals surface area contributed by atoms with Crippen LogP contribution in [0.25, 0.3) is 0 Å². The second-order valence-corrected chi connectivity index (χ2v) is 6.05. The van der Waals surface area contributed by atoms with Gasteiger partial charge in [0.15, 0.2) is 0 Å². The van der Waals surface area contributed by atoms with Gasteiger partial charge in [-0.3, -0.25) is 10.1 Å². The van der Waals surface area contributed by atoms with Crippen molar-refractivity contribution in [1.82, 2.24) is 4.98 Å². The van der Waals surface area contributed by atoms with Gasteiger partial charge in [0.2, 0.25) is 0 Å². The van der Waals surface area contributed by atoms with E-state index in [1.54, 1.807) is 32.9 Å². The number of ether oxygens (including phenoxy) is 2. The maximum absolute atomic E-state index is 11.9. The van der Waals surface area contributed by atoms with Crippen LogP contribution in [-0.2, 0) is 14.3 Å². The van der Waals surface area contributed by atoms with Crippen LogP contribution in [0, 0.1) is 0 Å². The van der Waals surface area contributed by atoms with Gasteiger partial charge in [-0.25, -0.2) is 9.78 Å². The molecular formula is C15H21N3O4. The minimum absolute atomic E-state index is 0.174. The van der Waals surface area contributed by atoms with Crippen LogP contribution in [0.15, 0.2) is 18.3 Å². The van der Waals surface area contributed by atoms with E-state index >= 15 is 0 Å². The van der Waals surface area contributed by atoms with E-state index in [2.05, 4.69) is 15.6 Å². The second kappa shape index (κ2) is 6.74. The van der Waals surface area contributed by atoms with Gasteiger partial charge in [0.25, 0.3) is 5.91 Å². The summed E-state index contributed by atoms with van der Waals surface area (Å²) in [6, 6.07) is 3.25. The number of anilines is 2. The molecule has 0 spiro atoms. The summed E-state index contributed by atoms with van der Waals surface area (Å²) in [6.07, 6.45) is 2.14. The second-order valence-electron chi connectivity index (χ2n) is 6.05. The molecule has 1 aromatic rings. The Labute approximate surface area is 129 Å². The number of carbonyl (C=O) groups excluding carboxylic acids is 2. The van der Waals surface area contributed by atoms with Gasteiger partial charge >= 0.3 is 6.09 Å². The van der Waals surface area contributed by atoms with Crippen molar-refractivity contribution in [2.45, 2.75) is 45.3 Å². The fraction of sp³-hybridized carbons (Fsp3) is 0.533. The largest absolute Gasteiger partial charge is 0.444 e. The molecule has 7 heteroatoms. The van der Waals surface area contributed by atoms with E-state index in [1.807, 2.05) is 0 Å². The highest BCUT2D eigenvalue weighted by molar-refractivity contribution is 5.94. The topological polar surface area (TPSA) is 89.6 Å². The molecule has 1 unspecified atom stereocenters. The van der Waals surface area contributed by atoms with Crippen molar-refractivity contribution in [3.05, 3.63) is 18.3 Å². The van der Waals surface area contributed by atoms with E-state index in [-0.39, 0.29) is 12.0 Å². The van der Waals surface area contributed by atoms with E-state index in [4.69, 9.17) is 9.47 Å². The summed E-state index contributed by atoms with van der Waals surface area (Å²) in [5.74, 6) is 0.177. The van der Waals surface area contributed by atoms with E-state index < -0.39 is 11.7 Å². The summed E-state index contributed by atoms with van der Waals surface area (Å²) >= 11 is 0. The molecule has 2 heterocycles. The van der Waals surface area contributed by atoms with Gasteiger partial charge in [0.1, 0.15) is 17.5 Å². The lowest BCUT2D eigenvalue weighted by Crippen LogP contribution is -2.28. The highest BCUT2D eigenvalue weighted by Crippen LogP contribution is 2.16. The van der Waals surface area contributed by atoms with Gasteiger partial charge in [-0.1, -0.05) is 0 Å². The van der Waals surface area contributed by atoms with Gasteiger partial charge < -0.3 is 14.8 Å². The van der Waals surface area contributed by atoms with E-state index in [9.17, 15) is 9.59 Å².